The molecule has 0 aliphatic rings. The molecule has 0 amide bonds. The summed E-state index contributed by atoms with van der Waals surface area (Å²) in [6, 6.07) is 8.42. The minimum Gasteiger partial charge on any atom is -0.398 e. The SMILES string of the molecule is CCCCCCCCCC[CH2][AlH][O]S(=O)(=O)c1ccccc1. The van der Waals surface area contributed by atoms with Crippen molar-refractivity contribution in [3.05, 3.63) is 30.3 Å². The molecule has 0 radical (unpaired) electrons. The Morgan fingerprint density at radius 2 is 1.41 bits per heavy atom. The molecule has 0 aliphatic carbocycles. The molecule has 0 saturated carbocycles. The van der Waals surface area contributed by atoms with E-state index in [-0.39, 0.29) is 4.90 Å². The molecule has 0 unspecified atom stereocenters. The zero-order valence-corrected chi connectivity index (χ0v) is 16.0. The topological polar surface area (TPSA) is 43.4 Å². The Kier molecular flexibility index (Phi) is 10.9. The van der Waals surface area contributed by atoms with Gasteiger partial charge < -0.3 is 3.23 Å². The molecule has 0 spiro atoms. The van der Waals surface area contributed by atoms with Gasteiger partial charge in [0.2, 0.25) is 0 Å². The van der Waals surface area contributed by atoms with Gasteiger partial charge in [-0.2, -0.15) is 8.42 Å². The van der Waals surface area contributed by atoms with Gasteiger partial charge in [0.25, 0.3) is 10.1 Å². The van der Waals surface area contributed by atoms with Crippen molar-refractivity contribution in [3.8, 4) is 0 Å². The van der Waals surface area contributed by atoms with Crippen LogP contribution < -0.4 is 0 Å². The van der Waals surface area contributed by atoms with E-state index < -0.39 is 25.7 Å². The first-order chi connectivity index (χ1) is 10.7. The lowest BCUT2D eigenvalue weighted by molar-refractivity contribution is 0.497. The summed E-state index contributed by atoms with van der Waals surface area (Å²) in [6.45, 7) is 2.24. The molecular weight excluding hydrogens is 311 g/mol. The smallest absolute Gasteiger partial charge is 0.398 e. The number of benzene rings is 1. The van der Waals surface area contributed by atoms with E-state index in [2.05, 4.69) is 6.92 Å². The molecule has 0 bridgehead atoms. The predicted octanol–water partition coefficient (Wildman–Crippen LogP) is 4.69. The maximum absolute atomic E-state index is 11.9. The summed E-state index contributed by atoms with van der Waals surface area (Å²) in [7, 11) is -3.51. The number of hydrogen-bond donors (Lipinski definition) is 0. The van der Waals surface area contributed by atoms with Crippen molar-refractivity contribution < 1.29 is 11.7 Å². The standard InChI is InChI=1S/C11H23.C6H6O3S.Al.H/c1-3-5-7-9-11-10-8-6-4-2;7-10(8,9)6-4-2-1-3-5-6;;/h1,3-11H2,2H3;1-5H,(H,7,8,9);;/q;;+1;/p-1. The molecule has 0 fully saturated rings. The molecule has 0 heterocycles. The third kappa shape index (κ3) is 8.95. The summed E-state index contributed by atoms with van der Waals surface area (Å²) in [5.74, 6) is 0. The van der Waals surface area contributed by atoms with E-state index in [9.17, 15) is 8.42 Å². The Bertz CT molecular complexity index is 474. The molecule has 5 heteroatoms. The van der Waals surface area contributed by atoms with E-state index in [0.717, 1.165) is 11.7 Å². The molecule has 0 aliphatic heterocycles. The second-order valence-corrected chi connectivity index (χ2v) is 9.21. The van der Waals surface area contributed by atoms with Crippen LogP contribution in [0.1, 0.15) is 64.7 Å². The summed E-state index contributed by atoms with van der Waals surface area (Å²) in [5.41, 5.74) is 0. The molecule has 22 heavy (non-hydrogen) atoms. The summed E-state index contributed by atoms with van der Waals surface area (Å²) >= 11 is -0.975. The van der Waals surface area contributed by atoms with Crippen molar-refractivity contribution in [1.29, 1.82) is 0 Å². The van der Waals surface area contributed by atoms with Crippen molar-refractivity contribution >= 4 is 25.7 Å². The quantitative estimate of drug-likeness (QED) is 0.386. The molecule has 1 rings (SSSR count). The molecule has 0 atom stereocenters. The predicted molar refractivity (Wildman–Crippen MR) is 93.9 cm³/mol. The molecule has 124 valence electrons. The van der Waals surface area contributed by atoms with Crippen LogP contribution in [0.25, 0.3) is 0 Å². The minimum atomic E-state index is -3.51. The Morgan fingerprint density at radius 3 is 2.00 bits per heavy atom. The van der Waals surface area contributed by atoms with Crippen LogP contribution in [0.4, 0.5) is 0 Å². The Hall–Kier alpha value is -0.338. The van der Waals surface area contributed by atoms with Crippen LogP contribution in [0.5, 0.6) is 0 Å². The highest BCUT2D eigenvalue weighted by atomic mass is 32.2. The van der Waals surface area contributed by atoms with Gasteiger partial charge in [-0.25, -0.2) is 0 Å². The largest absolute Gasteiger partial charge is 0.460 e. The summed E-state index contributed by atoms with van der Waals surface area (Å²) in [6.07, 6.45) is 11.6. The monoisotopic (exact) mass is 340 g/mol. The van der Waals surface area contributed by atoms with Crippen LogP contribution in [0.2, 0.25) is 5.28 Å². The minimum absolute atomic E-state index is 0.273. The Balaban J connectivity index is 1.99. The van der Waals surface area contributed by atoms with Crippen molar-refractivity contribution in [2.75, 3.05) is 0 Å². The maximum atomic E-state index is 11.9. The fourth-order valence-corrected chi connectivity index (χ4v) is 5.35. The van der Waals surface area contributed by atoms with Crippen LogP contribution in [0, 0.1) is 0 Å². The van der Waals surface area contributed by atoms with E-state index in [1.165, 1.54) is 51.4 Å². The third-order valence-corrected chi connectivity index (χ3v) is 7.31. The molecular formula is C17H29AlO3S. The van der Waals surface area contributed by atoms with Gasteiger partial charge in [-0.3, -0.25) is 0 Å². The number of rotatable bonds is 13. The van der Waals surface area contributed by atoms with Gasteiger partial charge in [-0.05, 0) is 12.1 Å². The van der Waals surface area contributed by atoms with Crippen LogP contribution in [0.3, 0.4) is 0 Å². The van der Waals surface area contributed by atoms with Gasteiger partial charge >= 0.3 is 15.6 Å². The fraction of sp³-hybridized carbons (Fsp3) is 0.647. The number of hydrogen-bond acceptors (Lipinski definition) is 3. The molecule has 3 nitrogen and oxygen atoms in total. The molecule has 0 N–H and O–H groups in total. The summed E-state index contributed by atoms with van der Waals surface area (Å²) < 4.78 is 29.0. The zero-order valence-electron chi connectivity index (χ0n) is 13.8. The van der Waals surface area contributed by atoms with Crippen molar-refractivity contribution in [2.45, 2.75) is 74.9 Å². The van der Waals surface area contributed by atoms with Gasteiger partial charge in [0.05, 0.1) is 4.90 Å². The van der Waals surface area contributed by atoms with Gasteiger partial charge in [-0.1, -0.05) is 88.2 Å². The average molecular weight is 340 g/mol. The van der Waals surface area contributed by atoms with Gasteiger partial charge in [0.15, 0.2) is 0 Å². The number of unbranched alkanes of at least 4 members (excludes halogenated alkanes) is 8. The van der Waals surface area contributed by atoms with Crippen LogP contribution in [-0.4, -0.2) is 24.0 Å². The lowest BCUT2D eigenvalue weighted by Crippen LogP contribution is -2.09. The summed E-state index contributed by atoms with van der Waals surface area (Å²) in [5, 5.41) is 0.946. The average Bonchev–Trinajstić information content (AvgIpc) is 2.53. The first-order valence-electron chi connectivity index (χ1n) is 8.61. The fourth-order valence-electron chi connectivity index (χ4n) is 2.41. The van der Waals surface area contributed by atoms with Crippen LogP contribution >= 0.6 is 0 Å². The molecule has 0 saturated heterocycles. The van der Waals surface area contributed by atoms with E-state index >= 15 is 0 Å². The lowest BCUT2D eigenvalue weighted by atomic mass is 10.1. The highest BCUT2D eigenvalue weighted by Crippen LogP contribution is 2.13. The maximum Gasteiger partial charge on any atom is 0.460 e. The molecule has 1 aromatic carbocycles. The highest BCUT2D eigenvalue weighted by Gasteiger charge is 2.14. The van der Waals surface area contributed by atoms with E-state index in [1.807, 2.05) is 0 Å². The van der Waals surface area contributed by atoms with E-state index in [1.54, 1.807) is 30.3 Å². The van der Waals surface area contributed by atoms with Crippen molar-refractivity contribution in [3.63, 3.8) is 0 Å². The zero-order chi connectivity index (χ0) is 16.1. The van der Waals surface area contributed by atoms with Gasteiger partial charge in [0, 0.05) is 0 Å². The second kappa shape index (κ2) is 12.1. The van der Waals surface area contributed by atoms with E-state index in [4.69, 9.17) is 3.23 Å². The van der Waals surface area contributed by atoms with E-state index in [0.29, 0.717) is 0 Å². The molecule has 1 aromatic rings. The normalized spacial score (nSPS) is 11.5. The first kappa shape index (κ1) is 19.7. The van der Waals surface area contributed by atoms with Crippen molar-refractivity contribution in [1.82, 2.24) is 0 Å². The van der Waals surface area contributed by atoms with Gasteiger partial charge in [-0.15, -0.1) is 0 Å². The van der Waals surface area contributed by atoms with Gasteiger partial charge in [0.1, 0.15) is 0 Å². The first-order valence-corrected chi connectivity index (χ1v) is 11.6. The van der Waals surface area contributed by atoms with Crippen molar-refractivity contribution in [2.24, 2.45) is 0 Å². The third-order valence-electron chi connectivity index (χ3n) is 3.77. The Morgan fingerprint density at radius 1 is 0.864 bits per heavy atom. The lowest BCUT2D eigenvalue weighted by Gasteiger charge is -2.05. The Labute approximate surface area is 142 Å². The van der Waals surface area contributed by atoms with Crippen LogP contribution in [-0.2, 0) is 13.4 Å². The highest BCUT2D eigenvalue weighted by molar-refractivity contribution is 7.87. The molecule has 0 aromatic heterocycles. The second-order valence-electron chi connectivity index (χ2n) is 5.77. The van der Waals surface area contributed by atoms with Crippen LogP contribution in [0.15, 0.2) is 35.2 Å². The summed E-state index contributed by atoms with van der Waals surface area (Å²) in [4.78, 5) is 0.273.